The van der Waals surface area contributed by atoms with E-state index in [-0.39, 0.29) is 0 Å². The van der Waals surface area contributed by atoms with Gasteiger partial charge in [0, 0.05) is 11.8 Å². The van der Waals surface area contributed by atoms with Crippen molar-refractivity contribution in [3.05, 3.63) is 41.2 Å². The van der Waals surface area contributed by atoms with Crippen molar-refractivity contribution in [2.75, 3.05) is 6.61 Å². The molecule has 3 rings (SSSR count). The van der Waals surface area contributed by atoms with E-state index >= 15 is 0 Å². The van der Waals surface area contributed by atoms with Crippen molar-refractivity contribution in [1.29, 1.82) is 0 Å². The topological polar surface area (TPSA) is 55.2 Å². The Morgan fingerprint density at radius 2 is 2.22 bits per heavy atom. The molecule has 0 bridgehead atoms. The number of hydrogen-bond donors (Lipinski definition) is 1. The number of nitrogens with zero attached hydrogens (tertiary/aromatic N) is 3. The average Bonchev–Trinajstić information content (AvgIpc) is 2.96. The number of rotatable bonds is 5. The molecule has 0 spiro atoms. The molecular weight excluding hydrogens is 308 g/mol. The van der Waals surface area contributed by atoms with Crippen molar-refractivity contribution in [2.24, 2.45) is 11.0 Å². The SMILES string of the molecule is CCOc1ccc(-c2n[nH]c(=S)n2/N=C\[C@@H]2CC=CCC2)cc1. The highest BCUT2D eigenvalue weighted by atomic mass is 32.1. The van der Waals surface area contributed by atoms with Gasteiger partial charge in [-0.05, 0) is 68.6 Å². The lowest BCUT2D eigenvalue weighted by Gasteiger charge is -2.12. The van der Waals surface area contributed by atoms with Gasteiger partial charge in [0.25, 0.3) is 0 Å². The molecule has 5 nitrogen and oxygen atoms in total. The monoisotopic (exact) mass is 328 g/mol. The van der Waals surface area contributed by atoms with Crippen LogP contribution in [0, 0.1) is 10.7 Å². The minimum absolute atomic E-state index is 0.463. The van der Waals surface area contributed by atoms with Crippen LogP contribution in [0.4, 0.5) is 0 Å². The lowest BCUT2D eigenvalue weighted by molar-refractivity contribution is 0.340. The molecule has 0 amide bonds. The zero-order chi connectivity index (χ0) is 16.1. The summed E-state index contributed by atoms with van der Waals surface area (Å²) in [5.41, 5.74) is 0.946. The van der Waals surface area contributed by atoms with E-state index in [1.165, 1.54) is 0 Å². The van der Waals surface area contributed by atoms with Crippen LogP contribution in [0.25, 0.3) is 11.4 Å². The van der Waals surface area contributed by atoms with Crippen molar-refractivity contribution in [3.8, 4) is 17.1 Å². The van der Waals surface area contributed by atoms with E-state index in [1.54, 1.807) is 4.68 Å². The maximum atomic E-state index is 5.47. The molecular formula is C17H20N4OS. The summed E-state index contributed by atoms with van der Waals surface area (Å²) in [6, 6.07) is 7.78. The van der Waals surface area contributed by atoms with Crippen LogP contribution in [0.3, 0.4) is 0 Å². The fraction of sp³-hybridized carbons (Fsp3) is 0.353. The Balaban J connectivity index is 1.84. The third-order valence-corrected chi connectivity index (χ3v) is 4.04. The quantitative estimate of drug-likeness (QED) is 0.508. The maximum Gasteiger partial charge on any atom is 0.216 e. The molecule has 0 saturated heterocycles. The van der Waals surface area contributed by atoms with Crippen molar-refractivity contribution >= 4 is 18.4 Å². The Labute approximate surface area is 140 Å². The van der Waals surface area contributed by atoms with Gasteiger partial charge in [-0.2, -0.15) is 14.9 Å². The number of benzene rings is 1. The number of allylic oxidation sites excluding steroid dienone is 2. The van der Waals surface area contributed by atoms with Crippen LogP contribution in [0.1, 0.15) is 26.2 Å². The van der Waals surface area contributed by atoms with Gasteiger partial charge in [0.15, 0.2) is 5.82 Å². The minimum atomic E-state index is 0.463. The summed E-state index contributed by atoms with van der Waals surface area (Å²) in [5.74, 6) is 2.01. The first-order chi connectivity index (χ1) is 11.3. The third-order valence-electron chi connectivity index (χ3n) is 3.78. The highest BCUT2D eigenvalue weighted by Crippen LogP contribution is 2.22. The molecule has 1 atom stereocenters. The largest absolute Gasteiger partial charge is 0.494 e. The second-order valence-corrected chi connectivity index (χ2v) is 5.82. The molecule has 23 heavy (non-hydrogen) atoms. The zero-order valence-corrected chi connectivity index (χ0v) is 13.9. The highest BCUT2D eigenvalue weighted by Gasteiger charge is 2.10. The normalized spacial score (nSPS) is 17.7. The number of aromatic amines is 1. The number of aromatic nitrogens is 3. The molecule has 1 aliphatic carbocycles. The van der Waals surface area contributed by atoms with Gasteiger partial charge in [0.1, 0.15) is 5.75 Å². The standard InChI is InChI=1S/C17H20N4OS/c1-2-22-15-10-8-14(9-11-15)16-19-20-17(23)21(16)18-12-13-6-4-3-5-7-13/h3-4,8-13H,2,5-7H2,1H3,(H,20,23)/b18-12-/t13-/m1/s1. The smallest absolute Gasteiger partial charge is 0.216 e. The summed E-state index contributed by atoms with van der Waals surface area (Å²) in [5, 5.41) is 11.7. The Hall–Kier alpha value is -2.21. The second-order valence-electron chi connectivity index (χ2n) is 5.43. The number of hydrogen-bond acceptors (Lipinski definition) is 4. The molecule has 1 aromatic heterocycles. The molecule has 1 N–H and O–H groups in total. The van der Waals surface area contributed by atoms with E-state index < -0.39 is 0 Å². The van der Waals surface area contributed by atoms with E-state index in [0.717, 1.165) is 30.6 Å². The van der Waals surface area contributed by atoms with E-state index in [1.807, 2.05) is 37.4 Å². The fourth-order valence-electron chi connectivity index (χ4n) is 2.57. The average molecular weight is 328 g/mol. The molecule has 1 aromatic carbocycles. The minimum Gasteiger partial charge on any atom is -0.494 e. The number of nitrogens with one attached hydrogen (secondary N) is 1. The Kier molecular flexibility index (Phi) is 5.02. The summed E-state index contributed by atoms with van der Waals surface area (Å²) in [4.78, 5) is 0. The molecule has 0 unspecified atom stereocenters. The summed E-state index contributed by atoms with van der Waals surface area (Å²) in [6.07, 6.45) is 9.68. The highest BCUT2D eigenvalue weighted by molar-refractivity contribution is 7.71. The van der Waals surface area contributed by atoms with Crippen LogP contribution in [0.2, 0.25) is 0 Å². The Bertz CT molecular complexity index is 758. The predicted octanol–water partition coefficient (Wildman–Crippen LogP) is 4.20. The van der Waals surface area contributed by atoms with Gasteiger partial charge in [-0.15, -0.1) is 0 Å². The van der Waals surface area contributed by atoms with Gasteiger partial charge in [0.2, 0.25) is 4.77 Å². The maximum absolute atomic E-state index is 5.47. The molecule has 0 fully saturated rings. The summed E-state index contributed by atoms with van der Waals surface area (Å²) in [7, 11) is 0. The molecule has 1 heterocycles. The fourth-order valence-corrected chi connectivity index (χ4v) is 2.75. The van der Waals surface area contributed by atoms with Gasteiger partial charge < -0.3 is 4.74 Å². The molecule has 6 heteroatoms. The van der Waals surface area contributed by atoms with Crippen molar-refractivity contribution in [1.82, 2.24) is 14.9 Å². The molecule has 0 aliphatic heterocycles. The zero-order valence-electron chi connectivity index (χ0n) is 13.1. The molecule has 1 aliphatic rings. The van der Waals surface area contributed by atoms with Crippen molar-refractivity contribution in [2.45, 2.75) is 26.2 Å². The number of H-pyrrole nitrogens is 1. The number of ether oxygens (including phenoxy) is 1. The Morgan fingerprint density at radius 1 is 1.39 bits per heavy atom. The van der Waals surface area contributed by atoms with E-state index in [2.05, 4.69) is 27.5 Å². The van der Waals surface area contributed by atoms with E-state index in [9.17, 15) is 0 Å². The molecule has 0 radical (unpaired) electrons. The van der Waals surface area contributed by atoms with Gasteiger partial charge >= 0.3 is 0 Å². The van der Waals surface area contributed by atoms with Crippen molar-refractivity contribution in [3.63, 3.8) is 0 Å². The molecule has 120 valence electrons. The van der Waals surface area contributed by atoms with Crippen LogP contribution in [-0.4, -0.2) is 27.7 Å². The first-order valence-electron chi connectivity index (χ1n) is 7.88. The lowest BCUT2D eigenvalue weighted by atomic mass is 9.96. The molecule has 0 saturated carbocycles. The van der Waals surface area contributed by atoms with Crippen LogP contribution in [-0.2, 0) is 0 Å². The van der Waals surface area contributed by atoms with E-state index in [0.29, 0.717) is 23.1 Å². The summed E-state index contributed by atoms with van der Waals surface area (Å²) < 4.78 is 7.65. The summed E-state index contributed by atoms with van der Waals surface area (Å²) >= 11 is 5.30. The van der Waals surface area contributed by atoms with Gasteiger partial charge in [-0.1, -0.05) is 12.2 Å². The van der Waals surface area contributed by atoms with Crippen LogP contribution >= 0.6 is 12.2 Å². The second kappa shape index (κ2) is 7.37. The van der Waals surface area contributed by atoms with Crippen LogP contribution in [0.15, 0.2) is 41.5 Å². The molecule has 2 aromatic rings. The Morgan fingerprint density at radius 3 is 2.91 bits per heavy atom. The van der Waals surface area contributed by atoms with E-state index in [4.69, 9.17) is 17.0 Å². The predicted molar refractivity (Wildman–Crippen MR) is 94.4 cm³/mol. The summed E-state index contributed by atoms with van der Waals surface area (Å²) in [6.45, 7) is 2.62. The van der Waals surface area contributed by atoms with Gasteiger partial charge in [0.05, 0.1) is 6.61 Å². The third kappa shape index (κ3) is 3.76. The van der Waals surface area contributed by atoms with Crippen LogP contribution in [0.5, 0.6) is 5.75 Å². The van der Waals surface area contributed by atoms with Crippen LogP contribution < -0.4 is 4.74 Å². The lowest BCUT2D eigenvalue weighted by Crippen LogP contribution is -2.05. The van der Waals surface area contributed by atoms with Gasteiger partial charge in [-0.25, -0.2) is 5.10 Å². The first kappa shape index (κ1) is 15.7. The van der Waals surface area contributed by atoms with Crippen molar-refractivity contribution < 1.29 is 4.74 Å². The first-order valence-corrected chi connectivity index (χ1v) is 8.29. The van der Waals surface area contributed by atoms with Gasteiger partial charge in [-0.3, -0.25) is 0 Å².